The van der Waals surface area contributed by atoms with Crippen LogP contribution in [0, 0.1) is 12.1 Å². The maximum absolute atomic E-state index is 10.6. The van der Waals surface area contributed by atoms with E-state index in [4.69, 9.17) is 0 Å². The van der Waals surface area contributed by atoms with Crippen molar-refractivity contribution in [1.29, 1.82) is 0 Å². The van der Waals surface area contributed by atoms with Gasteiger partial charge in [-0.25, -0.2) is 0 Å². The summed E-state index contributed by atoms with van der Waals surface area (Å²) in [6, 6.07) is 11.3. The SMILES string of the molecule is CC(=O)CCc1cc#ccc1. The van der Waals surface area contributed by atoms with E-state index in [0.29, 0.717) is 6.42 Å². The summed E-state index contributed by atoms with van der Waals surface area (Å²) in [6.07, 6.45) is 1.44. The van der Waals surface area contributed by atoms with Crippen molar-refractivity contribution in [3.05, 3.63) is 35.9 Å². The molecular formula is C10H10O. The second-order valence-corrected chi connectivity index (χ2v) is 2.54. The van der Waals surface area contributed by atoms with Crippen LogP contribution in [-0.2, 0) is 11.2 Å². The average Bonchev–Trinajstić information content (AvgIpc) is 2.03. The fraction of sp³-hybridized carbons (Fsp3) is 0.300. The summed E-state index contributed by atoms with van der Waals surface area (Å²) in [5.74, 6) is 0.234. The van der Waals surface area contributed by atoms with Gasteiger partial charge in [0.05, 0.1) is 0 Å². The first-order chi connectivity index (χ1) is 5.29. The van der Waals surface area contributed by atoms with Gasteiger partial charge in [-0.1, -0.05) is 12.1 Å². The van der Waals surface area contributed by atoms with Gasteiger partial charge in [0, 0.05) is 6.42 Å². The molecule has 0 unspecified atom stereocenters. The van der Waals surface area contributed by atoms with Gasteiger partial charge in [0.1, 0.15) is 5.78 Å². The zero-order valence-electron chi connectivity index (χ0n) is 6.55. The lowest BCUT2D eigenvalue weighted by Crippen LogP contribution is -1.92. The number of aryl methyl sites for hydroxylation is 1. The van der Waals surface area contributed by atoms with Crippen molar-refractivity contribution in [3.8, 4) is 0 Å². The molecule has 0 aliphatic rings. The molecule has 1 heteroatoms. The molecule has 0 atom stereocenters. The minimum atomic E-state index is 0.234. The number of hydrogen-bond acceptors (Lipinski definition) is 1. The van der Waals surface area contributed by atoms with E-state index in [1.807, 2.05) is 18.2 Å². The lowest BCUT2D eigenvalue weighted by Gasteiger charge is -1.94. The highest BCUT2D eigenvalue weighted by Gasteiger charge is 1.93. The molecule has 0 bridgehead atoms. The van der Waals surface area contributed by atoms with E-state index >= 15 is 0 Å². The van der Waals surface area contributed by atoms with Crippen molar-refractivity contribution in [2.75, 3.05) is 0 Å². The zero-order valence-corrected chi connectivity index (χ0v) is 6.55. The molecule has 1 rings (SSSR count). The quantitative estimate of drug-likeness (QED) is 0.635. The molecular weight excluding hydrogens is 136 g/mol. The lowest BCUT2D eigenvalue weighted by atomic mass is 10.1. The molecule has 0 amide bonds. The van der Waals surface area contributed by atoms with E-state index in [2.05, 4.69) is 12.1 Å². The topological polar surface area (TPSA) is 17.1 Å². The zero-order chi connectivity index (χ0) is 8.10. The molecule has 56 valence electrons. The van der Waals surface area contributed by atoms with Gasteiger partial charge in [-0.05, 0) is 37.1 Å². The van der Waals surface area contributed by atoms with Gasteiger partial charge in [0.2, 0.25) is 0 Å². The molecule has 1 nitrogen and oxygen atoms in total. The molecule has 0 aromatic heterocycles. The molecule has 0 N–H and O–H groups in total. The van der Waals surface area contributed by atoms with E-state index in [9.17, 15) is 4.79 Å². The van der Waals surface area contributed by atoms with E-state index in [-0.39, 0.29) is 5.78 Å². The van der Waals surface area contributed by atoms with Crippen molar-refractivity contribution in [2.24, 2.45) is 0 Å². The lowest BCUT2D eigenvalue weighted by molar-refractivity contribution is -0.116. The third-order valence-corrected chi connectivity index (χ3v) is 1.49. The smallest absolute Gasteiger partial charge is 0.130 e. The number of ketones is 1. The highest BCUT2D eigenvalue weighted by Crippen LogP contribution is 1.99. The predicted octanol–water partition coefficient (Wildman–Crippen LogP) is 1.81. The minimum Gasteiger partial charge on any atom is -0.300 e. The van der Waals surface area contributed by atoms with Crippen molar-refractivity contribution >= 4 is 5.78 Å². The second-order valence-electron chi connectivity index (χ2n) is 2.54. The number of carbonyl (C=O) groups excluding carboxylic acids is 1. The number of hydrogen-bond donors (Lipinski definition) is 0. The molecule has 0 heterocycles. The van der Waals surface area contributed by atoms with Gasteiger partial charge in [-0.2, -0.15) is 0 Å². The first-order valence-electron chi connectivity index (χ1n) is 3.65. The summed E-state index contributed by atoms with van der Waals surface area (Å²) >= 11 is 0. The number of rotatable bonds is 3. The van der Waals surface area contributed by atoms with Gasteiger partial charge < -0.3 is 4.79 Å². The Kier molecular flexibility index (Phi) is 2.68. The molecule has 0 aliphatic carbocycles. The van der Waals surface area contributed by atoms with Crippen molar-refractivity contribution in [1.82, 2.24) is 0 Å². The molecule has 0 fully saturated rings. The van der Waals surface area contributed by atoms with Crippen LogP contribution in [0.15, 0.2) is 18.2 Å². The average molecular weight is 146 g/mol. The van der Waals surface area contributed by atoms with Crippen LogP contribution in [0.2, 0.25) is 0 Å². The van der Waals surface area contributed by atoms with Gasteiger partial charge in [0.15, 0.2) is 0 Å². The van der Waals surface area contributed by atoms with Gasteiger partial charge in [0.25, 0.3) is 0 Å². The van der Waals surface area contributed by atoms with Crippen LogP contribution in [0.4, 0.5) is 0 Å². The maximum Gasteiger partial charge on any atom is 0.130 e. The van der Waals surface area contributed by atoms with Crippen molar-refractivity contribution < 1.29 is 4.79 Å². The van der Waals surface area contributed by atoms with E-state index in [0.717, 1.165) is 12.0 Å². The Morgan fingerprint density at radius 1 is 1.55 bits per heavy atom. The number of carbonyl (C=O) groups is 1. The molecule has 1 aromatic rings. The van der Waals surface area contributed by atoms with Crippen molar-refractivity contribution in [3.63, 3.8) is 0 Å². The normalized spacial score (nSPS) is 8.82. The molecule has 0 spiro atoms. The Morgan fingerprint density at radius 3 is 2.91 bits per heavy atom. The van der Waals surface area contributed by atoms with Gasteiger partial charge in [-0.15, -0.1) is 0 Å². The van der Waals surface area contributed by atoms with E-state index in [1.165, 1.54) is 0 Å². The first-order valence-corrected chi connectivity index (χ1v) is 3.65. The number of Topliss-reactive ketones (excluding diaryl/α,β-unsaturated/α-hetero) is 1. The summed E-state index contributed by atoms with van der Waals surface area (Å²) < 4.78 is 0. The Hall–Kier alpha value is -1.29. The van der Waals surface area contributed by atoms with Crippen LogP contribution in [0.1, 0.15) is 18.9 Å². The fourth-order valence-electron chi connectivity index (χ4n) is 0.855. The molecule has 0 saturated carbocycles. The third-order valence-electron chi connectivity index (χ3n) is 1.49. The van der Waals surface area contributed by atoms with Crippen LogP contribution in [0.5, 0.6) is 0 Å². The van der Waals surface area contributed by atoms with E-state index < -0.39 is 0 Å². The van der Waals surface area contributed by atoms with Crippen LogP contribution in [0.3, 0.4) is 0 Å². The second kappa shape index (κ2) is 3.78. The molecule has 11 heavy (non-hydrogen) atoms. The fourth-order valence-corrected chi connectivity index (χ4v) is 0.855. The Labute approximate surface area is 67.1 Å². The Balaban J connectivity index is 2.45. The summed E-state index contributed by atoms with van der Waals surface area (Å²) in [5, 5.41) is 0. The highest BCUT2D eigenvalue weighted by molar-refractivity contribution is 5.75. The van der Waals surface area contributed by atoms with Gasteiger partial charge in [-0.3, -0.25) is 0 Å². The van der Waals surface area contributed by atoms with Crippen LogP contribution in [0.25, 0.3) is 0 Å². The summed E-state index contributed by atoms with van der Waals surface area (Å²) in [5.41, 5.74) is 1.15. The Bertz CT molecular complexity index is 226. The molecule has 0 aliphatic heterocycles. The predicted molar refractivity (Wildman–Crippen MR) is 43.1 cm³/mol. The van der Waals surface area contributed by atoms with E-state index in [1.54, 1.807) is 6.92 Å². The third kappa shape index (κ3) is 2.86. The van der Waals surface area contributed by atoms with Crippen LogP contribution >= 0.6 is 0 Å². The van der Waals surface area contributed by atoms with Crippen LogP contribution in [-0.4, -0.2) is 5.78 Å². The summed E-state index contributed by atoms with van der Waals surface area (Å²) in [6.45, 7) is 1.61. The molecule has 0 saturated heterocycles. The van der Waals surface area contributed by atoms with Crippen LogP contribution < -0.4 is 0 Å². The summed E-state index contributed by atoms with van der Waals surface area (Å²) in [7, 11) is 0. The van der Waals surface area contributed by atoms with Crippen molar-refractivity contribution in [2.45, 2.75) is 19.8 Å². The molecule has 0 radical (unpaired) electrons. The Morgan fingerprint density at radius 2 is 2.36 bits per heavy atom. The molecule has 1 aromatic carbocycles. The minimum absolute atomic E-state index is 0.234. The monoisotopic (exact) mass is 146 g/mol. The standard InChI is InChI=1S/C10H10O/c1-9(11)7-8-10-5-3-2-4-6-10/h3,5-6H,7-8H2,1H3. The summed E-state index contributed by atoms with van der Waals surface area (Å²) in [4.78, 5) is 10.6. The first kappa shape index (κ1) is 7.81. The highest BCUT2D eigenvalue weighted by atomic mass is 16.1. The van der Waals surface area contributed by atoms with Gasteiger partial charge >= 0.3 is 0 Å². The maximum atomic E-state index is 10.6. The largest absolute Gasteiger partial charge is 0.300 e.